The molecular formula is C40H41N3O9. The molecule has 52 heavy (non-hydrogen) atoms. The highest BCUT2D eigenvalue weighted by molar-refractivity contribution is 6.03. The van der Waals surface area contributed by atoms with Crippen molar-refractivity contribution in [3.05, 3.63) is 154 Å². The van der Waals surface area contributed by atoms with Gasteiger partial charge in [-0.15, -0.1) is 0 Å². The first-order valence-corrected chi connectivity index (χ1v) is 16.8. The maximum absolute atomic E-state index is 13.4. The SMILES string of the molecule is COCCO[C@H]1C(O)C(COC(c2ccccc2)(c2ccc(OC)cc2)c2ccc(OC)cc2)OC1n1ccc(NC(=O)c2ccccc2)nc1=O. The van der Waals surface area contributed by atoms with Gasteiger partial charge in [-0.25, -0.2) is 4.79 Å². The molecule has 1 fully saturated rings. The molecule has 1 aliphatic rings. The third-order valence-corrected chi connectivity index (χ3v) is 8.93. The zero-order valence-electron chi connectivity index (χ0n) is 29.1. The zero-order chi connectivity index (χ0) is 36.5. The van der Waals surface area contributed by atoms with Crippen molar-refractivity contribution in [2.24, 2.45) is 0 Å². The Morgan fingerprint density at radius 3 is 1.94 bits per heavy atom. The largest absolute Gasteiger partial charge is 0.497 e. The van der Waals surface area contributed by atoms with Crippen LogP contribution in [0.4, 0.5) is 5.82 Å². The van der Waals surface area contributed by atoms with Crippen molar-refractivity contribution >= 4 is 11.7 Å². The van der Waals surface area contributed by atoms with Gasteiger partial charge in [0.15, 0.2) is 6.23 Å². The van der Waals surface area contributed by atoms with Crippen molar-refractivity contribution in [3.63, 3.8) is 0 Å². The minimum Gasteiger partial charge on any atom is -0.497 e. The first-order chi connectivity index (χ1) is 25.4. The molecule has 1 amide bonds. The zero-order valence-corrected chi connectivity index (χ0v) is 29.1. The molecule has 0 saturated carbocycles. The summed E-state index contributed by atoms with van der Waals surface area (Å²) in [5.74, 6) is 1.01. The molecule has 270 valence electrons. The van der Waals surface area contributed by atoms with Gasteiger partial charge in [-0.1, -0.05) is 72.8 Å². The number of rotatable bonds is 15. The number of ether oxygens (including phenoxy) is 6. The number of hydrogen-bond acceptors (Lipinski definition) is 10. The summed E-state index contributed by atoms with van der Waals surface area (Å²) in [6.45, 7) is 0.271. The van der Waals surface area contributed by atoms with Gasteiger partial charge in [0.1, 0.15) is 41.2 Å². The van der Waals surface area contributed by atoms with Crippen LogP contribution in [0.15, 0.2) is 126 Å². The molecule has 2 heterocycles. The highest BCUT2D eigenvalue weighted by atomic mass is 16.6. The summed E-state index contributed by atoms with van der Waals surface area (Å²) in [4.78, 5) is 30.2. The highest BCUT2D eigenvalue weighted by Gasteiger charge is 2.48. The molecule has 6 rings (SSSR count). The normalized spacial score (nSPS) is 18.5. The number of carbonyl (C=O) groups excluding carboxylic acids is 1. The monoisotopic (exact) mass is 707 g/mol. The van der Waals surface area contributed by atoms with E-state index in [0.29, 0.717) is 17.1 Å². The molecule has 1 aliphatic heterocycles. The topological polar surface area (TPSA) is 140 Å². The second-order valence-electron chi connectivity index (χ2n) is 12.0. The minimum absolute atomic E-state index is 0.0667. The van der Waals surface area contributed by atoms with Crippen molar-refractivity contribution in [1.29, 1.82) is 0 Å². The van der Waals surface area contributed by atoms with E-state index < -0.39 is 41.7 Å². The van der Waals surface area contributed by atoms with Crippen molar-refractivity contribution in [2.45, 2.75) is 30.1 Å². The third kappa shape index (κ3) is 7.76. The molecule has 12 nitrogen and oxygen atoms in total. The highest BCUT2D eigenvalue weighted by Crippen LogP contribution is 2.43. The lowest BCUT2D eigenvalue weighted by atomic mass is 9.80. The molecule has 0 bridgehead atoms. The molecule has 1 aromatic heterocycles. The number of hydrogen-bond donors (Lipinski definition) is 2. The number of aliphatic hydroxyl groups excluding tert-OH is 1. The van der Waals surface area contributed by atoms with Gasteiger partial charge < -0.3 is 38.8 Å². The van der Waals surface area contributed by atoms with Crippen LogP contribution >= 0.6 is 0 Å². The van der Waals surface area contributed by atoms with Gasteiger partial charge in [-0.05, 0) is 59.2 Å². The van der Waals surface area contributed by atoms with Crippen molar-refractivity contribution in [1.82, 2.24) is 9.55 Å². The Kier molecular flexibility index (Phi) is 11.7. The van der Waals surface area contributed by atoms with E-state index in [1.54, 1.807) is 44.6 Å². The molecule has 2 N–H and O–H groups in total. The van der Waals surface area contributed by atoms with E-state index in [9.17, 15) is 14.7 Å². The van der Waals surface area contributed by atoms with Gasteiger partial charge in [0.25, 0.3) is 5.91 Å². The second kappa shape index (κ2) is 16.8. The Labute approximate surface area is 301 Å². The summed E-state index contributed by atoms with van der Waals surface area (Å²) < 4.78 is 36.8. The quantitative estimate of drug-likeness (QED) is 0.115. The fraction of sp³-hybridized carbons (Fsp3) is 0.275. The van der Waals surface area contributed by atoms with Crippen molar-refractivity contribution in [3.8, 4) is 11.5 Å². The maximum atomic E-state index is 13.4. The van der Waals surface area contributed by atoms with Crippen molar-refractivity contribution in [2.75, 3.05) is 46.5 Å². The van der Waals surface area contributed by atoms with Gasteiger partial charge in [0.2, 0.25) is 0 Å². The van der Waals surface area contributed by atoms with E-state index >= 15 is 0 Å². The van der Waals surface area contributed by atoms with Crippen LogP contribution in [-0.4, -0.2) is 80.0 Å². The molecule has 3 unspecified atom stereocenters. The van der Waals surface area contributed by atoms with Gasteiger partial charge in [-0.3, -0.25) is 9.36 Å². The average Bonchev–Trinajstić information content (AvgIpc) is 3.50. The van der Waals surface area contributed by atoms with Crippen LogP contribution in [0.2, 0.25) is 0 Å². The summed E-state index contributed by atoms with van der Waals surface area (Å²) in [6, 6.07) is 35.0. The van der Waals surface area contributed by atoms with E-state index in [1.807, 2.05) is 78.9 Å². The van der Waals surface area contributed by atoms with Crippen LogP contribution in [0.3, 0.4) is 0 Å². The number of aromatic nitrogens is 2. The molecule has 5 aromatic rings. The second-order valence-corrected chi connectivity index (χ2v) is 12.0. The minimum atomic E-state index is -1.22. The summed E-state index contributed by atoms with van der Waals surface area (Å²) in [7, 11) is 4.75. The molecule has 0 aliphatic carbocycles. The summed E-state index contributed by atoms with van der Waals surface area (Å²) in [6.07, 6.45) is -2.77. The number of anilines is 1. The predicted molar refractivity (Wildman–Crippen MR) is 193 cm³/mol. The van der Waals surface area contributed by atoms with E-state index in [0.717, 1.165) is 16.7 Å². The predicted octanol–water partition coefficient (Wildman–Crippen LogP) is 4.81. The van der Waals surface area contributed by atoms with Gasteiger partial charge in [0, 0.05) is 18.9 Å². The van der Waals surface area contributed by atoms with E-state index in [1.165, 1.54) is 23.9 Å². The molecule has 4 atom stereocenters. The Morgan fingerprint density at radius 1 is 0.808 bits per heavy atom. The lowest BCUT2D eigenvalue weighted by Crippen LogP contribution is -2.41. The van der Waals surface area contributed by atoms with E-state index in [4.69, 9.17) is 28.4 Å². The molecule has 0 radical (unpaired) electrons. The van der Waals surface area contributed by atoms with Gasteiger partial charge in [-0.2, -0.15) is 4.98 Å². The summed E-state index contributed by atoms with van der Waals surface area (Å²) in [5.41, 5.74) is 0.965. The first-order valence-electron chi connectivity index (χ1n) is 16.8. The van der Waals surface area contributed by atoms with Crippen LogP contribution in [-0.2, 0) is 24.5 Å². The number of methoxy groups -OCH3 is 3. The van der Waals surface area contributed by atoms with Crippen LogP contribution in [0.1, 0.15) is 33.3 Å². The third-order valence-electron chi connectivity index (χ3n) is 8.93. The standard InChI is InChI=1S/C40H41N3O9/c1-47-24-25-50-36-35(44)33(52-38(36)43-23-22-34(42-39(43)46)41-37(45)27-10-6-4-7-11-27)26-51-40(28-12-8-5-9-13-28,29-14-18-31(48-2)19-15-29)30-16-20-32(49-3)21-17-30/h4-23,33,35-36,38,44H,24-26H2,1-3H3,(H,41,42,45,46)/t33?,35?,36-,38?/m0/s1. The molecule has 1 saturated heterocycles. The van der Waals surface area contributed by atoms with E-state index in [2.05, 4.69) is 10.3 Å². The first kappa shape index (κ1) is 36.4. The number of aliphatic hydroxyl groups is 1. The number of amides is 1. The Morgan fingerprint density at radius 2 is 1.38 bits per heavy atom. The number of nitrogens with zero attached hydrogens (tertiary/aromatic N) is 2. The average molecular weight is 708 g/mol. The van der Waals surface area contributed by atoms with Crippen LogP contribution in [0.5, 0.6) is 11.5 Å². The lowest BCUT2D eigenvalue weighted by molar-refractivity contribution is -0.0993. The smallest absolute Gasteiger partial charge is 0.351 e. The Hall–Kier alpha value is -5.37. The fourth-order valence-electron chi connectivity index (χ4n) is 6.26. The Balaban J connectivity index is 1.33. The van der Waals surface area contributed by atoms with Crippen LogP contribution < -0.4 is 20.5 Å². The van der Waals surface area contributed by atoms with Crippen LogP contribution in [0, 0.1) is 0 Å². The number of nitrogens with one attached hydrogen (secondary N) is 1. The summed E-state index contributed by atoms with van der Waals surface area (Å²) in [5, 5.41) is 14.4. The molecule has 4 aromatic carbocycles. The van der Waals surface area contributed by atoms with E-state index in [-0.39, 0.29) is 25.6 Å². The fourth-order valence-corrected chi connectivity index (χ4v) is 6.26. The summed E-state index contributed by atoms with van der Waals surface area (Å²) >= 11 is 0. The van der Waals surface area contributed by atoms with Gasteiger partial charge in [0.05, 0.1) is 34.0 Å². The van der Waals surface area contributed by atoms with Gasteiger partial charge >= 0.3 is 5.69 Å². The number of benzene rings is 4. The number of carbonyl (C=O) groups is 1. The molecule has 0 spiro atoms. The Bertz CT molecular complexity index is 1910. The van der Waals surface area contributed by atoms with Crippen molar-refractivity contribution < 1.29 is 38.3 Å². The molecule has 12 heteroatoms. The van der Waals surface area contributed by atoms with Crippen LogP contribution in [0.25, 0.3) is 0 Å². The lowest BCUT2D eigenvalue weighted by Gasteiger charge is -2.37. The molecular weight excluding hydrogens is 666 g/mol. The maximum Gasteiger partial charge on any atom is 0.351 e.